The van der Waals surface area contributed by atoms with E-state index in [1.807, 2.05) is 18.2 Å². The summed E-state index contributed by atoms with van der Waals surface area (Å²) in [4.78, 5) is 13.7. The molecule has 4 aromatic rings. The molecule has 1 heterocycles. The molecule has 0 saturated carbocycles. The number of carbonyl (C=O) groups excluding carboxylic acids is 1. The van der Waals surface area contributed by atoms with E-state index in [1.165, 1.54) is 17.3 Å². The zero-order chi connectivity index (χ0) is 21.6. The van der Waals surface area contributed by atoms with Crippen molar-refractivity contribution in [2.24, 2.45) is 0 Å². The van der Waals surface area contributed by atoms with Gasteiger partial charge in [-0.05, 0) is 23.8 Å². The highest BCUT2D eigenvalue weighted by Crippen LogP contribution is 2.32. The summed E-state index contributed by atoms with van der Waals surface area (Å²) in [5, 5.41) is 4.08. The van der Waals surface area contributed by atoms with E-state index < -0.39 is 0 Å². The summed E-state index contributed by atoms with van der Waals surface area (Å²) in [5.41, 5.74) is 3.02. The Morgan fingerprint density at radius 3 is 2.52 bits per heavy atom. The molecule has 0 bridgehead atoms. The lowest BCUT2D eigenvalue weighted by atomic mass is 10.2. The maximum absolute atomic E-state index is 12.6. The molecule has 158 valence electrons. The Morgan fingerprint density at radius 2 is 1.74 bits per heavy atom. The summed E-state index contributed by atoms with van der Waals surface area (Å²) >= 11 is 1.53. The second-order valence-electron chi connectivity index (χ2n) is 7.03. The number of thioether (sulfide) groups is 1. The second-order valence-corrected chi connectivity index (χ2v) is 8.04. The maximum atomic E-state index is 12.6. The van der Waals surface area contributed by atoms with Crippen molar-refractivity contribution in [2.45, 2.75) is 11.4 Å². The van der Waals surface area contributed by atoms with Crippen molar-refractivity contribution in [3.63, 3.8) is 0 Å². The molecule has 1 aromatic heterocycles. The summed E-state index contributed by atoms with van der Waals surface area (Å²) in [7, 11) is 3.17. The molecule has 1 N–H and O–H groups in total. The minimum atomic E-state index is -0.0895. The number of amides is 1. The van der Waals surface area contributed by atoms with Gasteiger partial charge in [0.25, 0.3) is 0 Å². The van der Waals surface area contributed by atoms with Gasteiger partial charge in [0.1, 0.15) is 11.5 Å². The first-order valence-electron chi connectivity index (χ1n) is 9.94. The number of rotatable bonds is 8. The number of para-hydroxylation sites is 1. The largest absolute Gasteiger partial charge is 0.497 e. The van der Waals surface area contributed by atoms with Crippen LogP contribution < -0.4 is 14.8 Å². The lowest BCUT2D eigenvalue weighted by Crippen LogP contribution is -2.14. The molecule has 31 heavy (non-hydrogen) atoms. The Labute approximate surface area is 186 Å². The molecule has 0 fully saturated rings. The molecule has 0 atom stereocenters. The molecule has 1 amide bonds. The van der Waals surface area contributed by atoms with Crippen LogP contribution in [0.4, 0.5) is 5.69 Å². The fourth-order valence-corrected chi connectivity index (χ4v) is 4.36. The zero-order valence-electron chi connectivity index (χ0n) is 17.5. The average molecular weight is 433 g/mol. The molecule has 0 saturated heterocycles. The fraction of sp³-hybridized carbons (Fsp3) is 0.160. The topological polar surface area (TPSA) is 52.5 Å². The van der Waals surface area contributed by atoms with E-state index in [0.29, 0.717) is 22.9 Å². The van der Waals surface area contributed by atoms with Crippen molar-refractivity contribution in [2.75, 3.05) is 25.3 Å². The number of hydrogen-bond acceptors (Lipinski definition) is 4. The normalized spacial score (nSPS) is 10.8. The Hall–Kier alpha value is -3.38. The third-order valence-corrected chi connectivity index (χ3v) is 6.03. The van der Waals surface area contributed by atoms with Crippen LogP contribution in [0.25, 0.3) is 10.9 Å². The number of methoxy groups -OCH3 is 2. The summed E-state index contributed by atoms with van der Waals surface area (Å²) in [6.45, 7) is 0.789. The van der Waals surface area contributed by atoms with Crippen LogP contribution in [0, 0.1) is 0 Å². The van der Waals surface area contributed by atoms with Crippen molar-refractivity contribution in [3.05, 3.63) is 84.6 Å². The second kappa shape index (κ2) is 9.62. The molecule has 0 spiro atoms. The highest BCUT2D eigenvalue weighted by Gasteiger charge is 2.13. The summed E-state index contributed by atoms with van der Waals surface area (Å²) in [5.74, 6) is 1.45. The van der Waals surface area contributed by atoms with Crippen molar-refractivity contribution >= 4 is 34.3 Å². The number of hydrogen-bond donors (Lipinski definition) is 1. The van der Waals surface area contributed by atoms with Gasteiger partial charge in [-0.2, -0.15) is 0 Å². The Kier molecular flexibility index (Phi) is 6.48. The summed E-state index contributed by atoms with van der Waals surface area (Å²) in [6.07, 6.45) is 2.13. The first kappa shape index (κ1) is 20.9. The SMILES string of the molecule is COc1ccc(NC(=O)CSc2cn(Cc3ccccc3)c3ccccc23)c(OC)c1. The van der Waals surface area contributed by atoms with Crippen molar-refractivity contribution in [1.82, 2.24) is 4.57 Å². The zero-order valence-corrected chi connectivity index (χ0v) is 18.3. The van der Waals surface area contributed by atoms with E-state index >= 15 is 0 Å². The lowest BCUT2D eigenvalue weighted by Gasteiger charge is -2.11. The van der Waals surface area contributed by atoms with Crippen LogP contribution in [-0.4, -0.2) is 30.4 Å². The third-order valence-electron chi connectivity index (χ3n) is 4.99. The number of carbonyl (C=O) groups is 1. The fourth-order valence-electron chi connectivity index (χ4n) is 3.47. The number of benzene rings is 3. The predicted molar refractivity (Wildman–Crippen MR) is 126 cm³/mol. The molecule has 6 heteroatoms. The molecule has 0 radical (unpaired) electrons. The molecule has 3 aromatic carbocycles. The van der Waals surface area contributed by atoms with E-state index in [4.69, 9.17) is 9.47 Å². The summed E-state index contributed by atoms with van der Waals surface area (Å²) in [6, 6.07) is 24.0. The van der Waals surface area contributed by atoms with Gasteiger partial charge in [-0.1, -0.05) is 48.5 Å². The Morgan fingerprint density at radius 1 is 0.968 bits per heavy atom. The number of fused-ring (bicyclic) bond motifs is 1. The van der Waals surface area contributed by atoms with E-state index in [0.717, 1.165) is 22.3 Å². The first-order chi connectivity index (χ1) is 15.2. The molecule has 0 aliphatic rings. The molecule has 5 nitrogen and oxygen atoms in total. The van der Waals surface area contributed by atoms with Gasteiger partial charge in [0.15, 0.2) is 0 Å². The van der Waals surface area contributed by atoms with Crippen LogP contribution in [-0.2, 0) is 11.3 Å². The van der Waals surface area contributed by atoms with E-state index in [2.05, 4.69) is 52.5 Å². The van der Waals surface area contributed by atoms with Gasteiger partial charge >= 0.3 is 0 Å². The molecule has 0 unspecified atom stereocenters. The number of anilines is 1. The quantitative estimate of drug-likeness (QED) is 0.377. The molecule has 4 rings (SSSR count). The summed E-state index contributed by atoms with van der Waals surface area (Å²) < 4.78 is 12.8. The molecular formula is C25H24N2O3S. The van der Waals surface area contributed by atoms with Crippen molar-refractivity contribution in [1.29, 1.82) is 0 Å². The predicted octanol–water partition coefficient (Wildman–Crippen LogP) is 5.44. The highest BCUT2D eigenvalue weighted by atomic mass is 32.2. The first-order valence-corrected chi connectivity index (χ1v) is 10.9. The minimum absolute atomic E-state index is 0.0895. The minimum Gasteiger partial charge on any atom is -0.497 e. The van der Waals surface area contributed by atoms with Crippen molar-refractivity contribution in [3.8, 4) is 11.5 Å². The van der Waals surface area contributed by atoms with Crippen LogP contribution in [0.5, 0.6) is 11.5 Å². The van der Waals surface area contributed by atoms with Crippen LogP contribution in [0.15, 0.2) is 83.9 Å². The van der Waals surface area contributed by atoms with Crippen molar-refractivity contribution < 1.29 is 14.3 Å². The molecule has 0 aliphatic carbocycles. The van der Waals surface area contributed by atoms with E-state index in [1.54, 1.807) is 32.4 Å². The lowest BCUT2D eigenvalue weighted by molar-refractivity contribution is -0.113. The third kappa shape index (κ3) is 4.86. The number of aromatic nitrogens is 1. The van der Waals surface area contributed by atoms with E-state index in [-0.39, 0.29) is 5.91 Å². The van der Waals surface area contributed by atoms with Gasteiger partial charge in [-0.15, -0.1) is 11.8 Å². The van der Waals surface area contributed by atoms with Gasteiger partial charge in [0.05, 0.1) is 25.7 Å². The van der Waals surface area contributed by atoms with Gasteiger partial charge in [-0.25, -0.2) is 0 Å². The maximum Gasteiger partial charge on any atom is 0.234 e. The monoisotopic (exact) mass is 432 g/mol. The number of nitrogens with one attached hydrogen (secondary N) is 1. The Bertz CT molecular complexity index is 1190. The average Bonchev–Trinajstić information content (AvgIpc) is 3.16. The Balaban J connectivity index is 1.48. The van der Waals surface area contributed by atoms with Gasteiger partial charge in [-0.3, -0.25) is 4.79 Å². The smallest absolute Gasteiger partial charge is 0.234 e. The molecule has 0 aliphatic heterocycles. The highest BCUT2D eigenvalue weighted by molar-refractivity contribution is 8.00. The van der Waals surface area contributed by atoms with Gasteiger partial charge < -0.3 is 19.4 Å². The van der Waals surface area contributed by atoms with Crippen LogP contribution in [0.3, 0.4) is 0 Å². The van der Waals surface area contributed by atoms with Crippen LogP contribution >= 0.6 is 11.8 Å². The van der Waals surface area contributed by atoms with Gasteiger partial charge in [0.2, 0.25) is 5.91 Å². The standard InChI is InChI=1S/C25H24N2O3S/c1-29-19-12-13-21(23(14-19)30-2)26-25(28)17-31-24-16-27(15-18-8-4-3-5-9-18)22-11-7-6-10-20(22)24/h3-14,16H,15,17H2,1-2H3,(H,26,28). The van der Waals surface area contributed by atoms with Crippen LogP contribution in [0.2, 0.25) is 0 Å². The molecular weight excluding hydrogens is 408 g/mol. The number of ether oxygens (including phenoxy) is 2. The van der Waals surface area contributed by atoms with E-state index in [9.17, 15) is 4.79 Å². The van der Waals surface area contributed by atoms with Crippen LogP contribution in [0.1, 0.15) is 5.56 Å². The van der Waals surface area contributed by atoms with Gasteiger partial charge in [0, 0.05) is 34.6 Å². The number of nitrogens with zero attached hydrogens (tertiary/aromatic N) is 1.